The molecule has 0 aromatic heterocycles. The Hall–Kier alpha value is -1.95. The highest BCUT2D eigenvalue weighted by Gasteiger charge is 2.22. The number of rotatable bonds is 2. The van der Waals surface area contributed by atoms with Crippen LogP contribution in [-0.4, -0.2) is 42.4 Å². The van der Waals surface area contributed by atoms with Gasteiger partial charge in [0.1, 0.15) is 0 Å². The number of carbonyl (C=O) groups is 1. The molecule has 6 heteroatoms. The smallest absolute Gasteiger partial charge is 0.269 e. The highest BCUT2D eigenvalue weighted by molar-refractivity contribution is 5.95. The number of nitrogens with zero attached hydrogens (tertiary/aromatic N) is 3. The van der Waals surface area contributed by atoms with Gasteiger partial charge < -0.3 is 4.90 Å². The fourth-order valence-corrected chi connectivity index (χ4v) is 1.82. The molecule has 0 saturated carbocycles. The average molecular weight is 235 g/mol. The Morgan fingerprint density at radius 3 is 2.41 bits per heavy atom. The number of hydrogen-bond acceptors (Lipinski definition) is 4. The van der Waals surface area contributed by atoms with Crippen molar-refractivity contribution in [3.63, 3.8) is 0 Å². The van der Waals surface area contributed by atoms with Gasteiger partial charge in [-0.2, -0.15) is 0 Å². The van der Waals surface area contributed by atoms with Gasteiger partial charge in [-0.25, -0.2) is 0 Å². The molecule has 0 atom stereocenters. The number of amides is 1. The molecule has 0 aliphatic carbocycles. The number of hydrogen-bond donors (Lipinski definition) is 0. The van der Waals surface area contributed by atoms with E-state index in [1.54, 1.807) is 17.0 Å². The first-order valence-electron chi connectivity index (χ1n) is 5.31. The fraction of sp³-hybridized carbons (Fsp3) is 0.364. The van der Waals surface area contributed by atoms with Gasteiger partial charge in [0.15, 0.2) is 0 Å². The topological polar surface area (TPSA) is 66.7 Å². The van der Waals surface area contributed by atoms with E-state index in [4.69, 9.17) is 0 Å². The molecule has 0 spiro atoms. The van der Waals surface area contributed by atoms with Crippen LogP contribution >= 0.6 is 0 Å². The number of anilines is 1. The first-order valence-corrected chi connectivity index (χ1v) is 5.31. The normalized spacial score (nSPS) is 17.2. The summed E-state index contributed by atoms with van der Waals surface area (Å²) in [5.74, 6) is 0.0209. The summed E-state index contributed by atoms with van der Waals surface area (Å²) in [6.45, 7) is 1.81. The van der Waals surface area contributed by atoms with E-state index in [1.807, 2.05) is 11.9 Å². The monoisotopic (exact) mass is 235 g/mol. The van der Waals surface area contributed by atoms with Crippen molar-refractivity contribution in [1.82, 2.24) is 4.90 Å². The molecule has 1 aliphatic rings. The lowest BCUT2D eigenvalue weighted by Gasteiger charge is -2.32. The summed E-state index contributed by atoms with van der Waals surface area (Å²) in [7, 11) is 1.89. The van der Waals surface area contributed by atoms with E-state index >= 15 is 0 Å². The summed E-state index contributed by atoms with van der Waals surface area (Å²) in [5, 5.41) is 10.5. The number of likely N-dealkylation sites (N-methyl/N-ethyl adjacent to an activating group) is 1. The highest BCUT2D eigenvalue weighted by atomic mass is 16.6. The molecular weight excluding hydrogens is 222 g/mol. The van der Waals surface area contributed by atoms with Crippen LogP contribution in [0, 0.1) is 10.1 Å². The molecule has 0 N–H and O–H groups in total. The van der Waals surface area contributed by atoms with Crippen LogP contribution in [0.4, 0.5) is 11.4 Å². The predicted octanol–water partition coefficient (Wildman–Crippen LogP) is 0.873. The maximum Gasteiger partial charge on any atom is 0.269 e. The Morgan fingerprint density at radius 1 is 1.24 bits per heavy atom. The van der Waals surface area contributed by atoms with E-state index in [0.29, 0.717) is 18.8 Å². The third-order valence-electron chi connectivity index (χ3n) is 2.78. The number of non-ortho nitro benzene ring substituents is 1. The number of benzene rings is 1. The molecule has 1 fully saturated rings. The van der Waals surface area contributed by atoms with Crippen LogP contribution in [0.5, 0.6) is 0 Å². The third-order valence-corrected chi connectivity index (χ3v) is 2.78. The van der Waals surface area contributed by atoms with Gasteiger partial charge in [-0.3, -0.25) is 19.8 Å². The van der Waals surface area contributed by atoms with Gasteiger partial charge in [-0.05, 0) is 19.2 Å². The second kappa shape index (κ2) is 4.50. The van der Waals surface area contributed by atoms with Crippen molar-refractivity contribution in [1.29, 1.82) is 0 Å². The zero-order valence-corrected chi connectivity index (χ0v) is 9.50. The Balaban J connectivity index is 2.17. The van der Waals surface area contributed by atoms with Gasteiger partial charge in [0.2, 0.25) is 5.91 Å². The van der Waals surface area contributed by atoms with Crippen molar-refractivity contribution < 1.29 is 9.72 Å². The summed E-state index contributed by atoms with van der Waals surface area (Å²) < 4.78 is 0. The minimum Gasteiger partial charge on any atom is -0.310 e. The van der Waals surface area contributed by atoms with Crippen LogP contribution in [0.3, 0.4) is 0 Å². The first-order chi connectivity index (χ1) is 8.08. The zero-order valence-electron chi connectivity index (χ0n) is 9.50. The van der Waals surface area contributed by atoms with E-state index in [9.17, 15) is 14.9 Å². The van der Waals surface area contributed by atoms with Gasteiger partial charge in [0, 0.05) is 30.9 Å². The van der Waals surface area contributed by atoms with Gasteiger partial charge in [-0.1, -0.05) is 0 Å². The van der Waals surface area contributed by atoms with Crippen molar-refractivity contribution in [3.05, 3.63) is 34.4 Å². The standard InChI is InChI=1S/C11H13N3O3/c1-12-6-7-13(11(15)8-12)9-2-4-10(5-3-9)14(16)17/h2-5H,6-8H2,1H3. The van der Waals surface area contributed by atoms with Crippen molar-refractivity contribution in [2.24, 2.45) is 0 Å². The maximum absolute atomic E-state index is 11.8. The Kier molecular flexibility index (Phi) is 3.06. The van der Waals surface area contributed by atoms with Crippen LogP contribution in [-0.2, 0) is 4.79 Å². The van der Waals surface area contributed by atoms with Gasteiger partial charge in [-0.15, -0.1) is 0 Å². The molecule has 1 heterocycles. The maximum atomic E-state index is 11.8. The molecule has 1 aromatic carbocycles. The molecule has 0 unspecified atom stereocenters. The highest BCUT2D eigenvalue weighted by Crippen LogP contribution is 2.20. The lowest BCUT2D eigenvalue weighted by molar-refractivity contribution is -0.384. The van der Waals surface area contributed by atoms with Gasteiger partial charge >= 0.3 is 0 Å². The van der Waals surface area contributed by atoms with E-state index < -0.39 is 4.92 Å². The lowest BCUT2D eigenvalue weighted by atomic mass is 10.2. The lowest BCUT2D eigenvalue weighted by Crippen LogP contribution is -2.48. The summed E-state index contributed by atoms with van der Waals surface area (Å²) >= 11 is 0. The molecule has 0 radical (unpaired) electrons. The van der Waals surface area contributed by atoms with Gasteiger partial charge in [0.25, 0.3) is 5.69 Å². The second-order valence-electron chi connectivity index (χ2n) is 4.06. The number of carbonyl (C=O) groups excluding carboxylic acids is 1. The second-order valence-corrected chi connectivity index (χ2v) is 4.06. The van der Waals surface area contributed by atoms with Crippen LogP contribution in [0.2, 0.25) is 0 Å². The van der Waals surface area contributed by atoms with Crippen LogP contribution in [0.1, 0.15) is 0 Å². The summed E-state index contributed by atoms with van der Waals surface area (Å²) in [6, 6.07) is 6.06. The van der Waals surface area contributed by atoms with Crippen molar-refractivity contribution in [2.75, 3.05) is 31.6 Å². The molecule has 6 nitrogen and oxygen atoms in total. The van der Waals surface area contributed by atoms with Crippen LogP contribution < -0.4 is 4.90 Å². The summed E-state index contributed by atoms with van der Waals surface area (Å²) in [6.07, 6.45) is 0. The number of piperazine rings is 1. The third kappa shape index (κ3) is 2.42. The Bertz CT molecular complexity index is 444. The fourth-order valence-electron chi connectivity index (χ4n) is 1.82. The molecule has 17 heavy (non-hydrogen) atoms. The predicted molar refractivity (Wildman–Crippen MR) is 62.9 cm³/mol. The van der Waals surface area contributed by atoms with E-state index in [1.165, 1.54) is 12.1 Å². The average Bonchev–Trinajstić information content (AvgIpc) is 2.29. The Morgan fingerprint density at radius 2 is 1.88 bits per heavy atom. The Labute approximate surface area is 98.6 Å². The largest absolute Gasteiger partial charge is 0.310 e. The van der Waals surface area contributed by atoms with E-state index in [2.05, 4.69) is 0 Å². The summed E-state index contributed by atoms with van der Waals surface area (Å²) in [5.41, 5.74) is 0.754. The van der Waals surface area contributed by atoms with Gasteiger partial charge in [0.05, 0.1) is 11.5 Å². The molecule has 2 rings (SSSR count). The van der Waals surface area contributed by atoms with Crippen molar-refractivity contribution in [3.8, 4) is 0 Å². The van der Waals surface area contributed by atoms with Crippen LogP contribution in [0.25, 0.3) is 0 Å². The molecule has 0 bridgehead atoms. The quantitative estimate of drug-likeness (QED) is 0.563. The zero-order chi connectivity index (χ0) is 12.4. The molecule has 90 valence electrons. The van der Waals surface area contributed by atoms with Crippen LogP contribution in [0.15, 0.2) is 24.3 Å². The summed E-state index contributed by atoms with van der Waals surface area (Å²) in [4.78, 5) is 25.4. The SMILES string of the molecule is CN1CCN(c2ccc([N+](=O)[O-])cc2)C(=O)C1. The molecule has 1 saturated heterocycles. The van der Waals surface area contributed by atoms with E-state index in [0.717, 1.165) is 6.54 Å². The van der Waals surface area contributed by atoms with Crippen molar-refractivity contribution in [2.45, 2.75) is 0 Å². The van der Waals surface area contributed by atoms with E-state index in [-0.39, 0.29) is 11.6 Å². The molecule has 1 amide bonds. The number of nitro benzene ring substituents is 1. The minimum absolute atomic E-state index is 0.0209. The first kappa shape index (κ1) is 11.5. The number of nitro groups is 1. The molecule has 1 aromatic rings. The molecular formula is C11H13N3O3. The van der Waals surface area contributed by atoms with Crippen molar-refractivity contribution >= 4 is 17.3 Å². The molecule has 1 aliphatic heterocycles. The minimum atomic E-state index is -0.449.